The third-order valence-electron chi connectivity index (χ3n) is 0.804. The van der Waals surface area contributed by atoms with Gasteiger partial charge in [0, 0.05) is 5.38 Å². The van der Waals surface area contributed by atoms with Crippen LogP contribution in [-0.2, 0) is 0 Å². The molecule has 0 radical (unpaired) electrons. The molecule has 1 rings (SSSR count). The molecule has 48 valence electrons. The Kier molecular flexibility index (Phi) is 1.70. The number of nitrogens with zero attached hydrogens (tertiary/aromatic N) is 1. The number of anilines is 1. The summed E-state index contributed by atoms with van der Waals surface area (Å²) in [5, 5.41) is 18.8. The topological polar surface area (TPSA) is 79.4 Å². The van der Waals surface area contributed by atoms with E-state index in [1.807, 2.05) is 0 Å². The van der Waals surface area contributed by atoms with E-state index in [0.29, 0.717) is 5.13 Å². The van der Waals surface area contributed by atoms with Crippen molar-refractivity contribution in [1.29, 1.82) is 0 Å². The molecule has 0 amide bonds. The van der Waals surface area contributed by atoms with Crippen molar-refractivity contribution in [1.82, 2.24) is 4.98 Å². The van der Waals surface area contributed by atoms with E-state index in [4.69, 9.17) is 15.8 Å². The van der Waals surface area contributed by atoms with E-state index in [1.54, 1.807) is 0 Å². The fourth-order valence-electron chi connectivity index (χ4n) is 0.419. The predicted octanol–water partition coefficient (Wildman–Crippen LogP) is -1.59. The summed E-state index contributed by atoms with van der Waals surface area (Å²) in [6.07, 6.45) is 0. The highest BCUT2D eigenvalue weighted by Crippen LogP contribution is 2.02. The van der Waals surface area contributed by atoms with Crippen molar-refractivity contribution in [2.75, 3.05) is 5.73 Å². The van der Waals surface area contributed by atoms with Crippen molar-refractivity contribution in [3.8, 4) is 0 Å². The lowest BCUT2D eigenvalue weighted by atomic mass is 9.88. The van der Waals surface area contributed by atoms with Gasteiger partial charge in [-0.2, -0.15) is 0 Å². The zero-order chi connectivity index (χ0) is 6.85. The van der Waals surface area contributed by atoms with Crippen LogP contribution in [0.4, 0.5) is 5.13 Å². The Bertz CT molecular complexity index is 201. The summed E-state index contributed by atoms with van der Waals surface area (Å²) in [7, 11) is -1.50. The molecule has 0 bridgehead atoms. The van der Waals surface area contributed by atoms with Gasteiger partial charge in [0.05, 0.1) is 5.59 Å². The Hall–Kier alpha value is -0.585. The summed E-state index contributed by atoms with van der Waals surface area (Å²) in [5.74, 6) is 0. The van der Waals surface area contributed by atoms with Gasteiger partial charge in [0.1, 0.15) is 0 Å². The van der Waals surface area contributed by atoms with Gasteiger partial charge in [-0.3, -0.25) is 0 Å². The lowest BCUT2D eigenvalue weighted by Crippen LogP contribution is -2.30. The van der Waals surface area contributed by atoms with Crippen LogP contribution in [0.5, 0.6) is 0 Å². The van der Waals surface area contributed by atoms with E-state index in [1.165, 1.54) is 16.7 Å². The molecule has 0 aliphatic heterocycles. The van der Waals surface area contributed by atoms with Crippen LogP contribution >= 0.6 is 11.3 Å². The van der Waals surface area contributed by atoms with Crippen molar-refractivity contribution in [2.45, 2.75) is 0 Å². The molecule has 4 nitrogen and oxygen atoms in total. The third-order valence-corrected chi connectivity index (χ3v) is 1.50. The van der Waals surface area contributed by atoms with E-state index in [9.17, 15) is 0 Å². The molecule has 0 aliphatic rings. The number of aromatic nitrogens is 1. The standard InChI is InChI=1S/C3H5BN2O2S/c5-3-6-2(1-9-3)4(7)8/h1,7-8H,(H2,5,6). The lowest BCUT2D eigenvalue weighted by molar-refractivity contribution is 0.424. The first-order chi connectivity index (χ1) is 4.20. The second-order valence-corrected chi connectivity index (χ2v) is 2.37. The van der Waals surface area contributed by atoms with Gasteiger partial charge in [-0.05, 0) is 0 Å². The number of nitrogen functional groups attached to an aromatic ring is 1. The van der Waals surface area contributed by atoms with Crippen molar-refractivity contribution in [2.24, 2.45) is 0 Å². The molecule has 1 heterocycles. The third kappa shape index (κ3) is 1.41. The summed E-state index contributed by atoms with van der Waals surface area (Å²) in [4.78, 5) is 3.61. The molecule has 0 saturated heterocycles. The van der Waals surface area contributed by atoms with E-state index < -0.39 is 7.12 Å². The number of rotatable bonds is 1. The highest BCUT2D eigenvalue weighted by Gasteiger charge is 2.13. The molecule has 6 heteroatoms. The molecule has 0 aromatic carbocycles. The molecule has 0 fully saturated rings. The van der Waals surface area contributed by atoms with Crippen LogP contribution in [0.25, 0.3) is 0 Å². The van der Waals surface area contributed by atoms with E-state index in [0.717, 1.165) is 0 Å². The van der Waals surface area contributed by atoms with E-state index >= 15 is 0 Å². The molecule has 0 spiro atoms. The lowest BCUT2D eigenvalue weighted by Gasteiger charge is -1.86. The van der Waals surface area contributed by atoms with Crippen LogP contribution < -0.4 is 11.3 Å². The van der Waals surface area contributed by atoms with Crippen molar-refractivity contribution < 1.29 is 10.0 Å². The van der Waals surface area contributed by atoms with Crippen LogP contribution in [0, 0.1) is 0 Å². The Morgan fingerprint density at radius 2 is 2.33 bits per heavy atom. The molecule has 1 aromatic rings. The Morgan fingerprint density at radius 3 is 2.56 bits per heavy atom. The van der Waals surface area contributed by atoms with Crippen LogP contribution in [0.1, 0.15) is 0 Å². The van der Waals surface area contributed by atoms with Crippen LogP contribution in [0.2, 0.25) is 0 Å². The molecule has 0 atom stereocenters. The van der Waals surface area contributed by atoms with E-state index in [-0.39, 0.29) is 5.59 Å². The van der Waals surface area contributed by atoms with Crippen LogP contribution in [0.15, 0.2) is 5.38 Å². The maximum absolute atomic E-state index is 8.48. The summed E-state index contributed by atoms with van der Waals surface area (Å²) >= 11 is 1.18. The first kappa shape index (κ1) is 6.53. The van der Waals surface area contributed by atoms with Crippen molar-refractivity contribution in [3.05, 3.63) is 5.38 Å². The van der Waals surface area contributed by atoms with Gasteiger partial charge < -0.3 is 15.8 Å². The molecule has 9 heavy (non-hydrogen) atoms. The minimum atomic E-state index is -1.50. The molecule has 1 aromatic heterocycles. The molecule has 0 saturated carbocycles. The first-order valence-electron chi connectivity index (χ1n) is 2.27. The average molecular weight is 144 g/mol. The molecular formula is C3H5BN2O2S. The van der Waals surface area contributed by atoms with Crippen molar-refractivity contribution in [3.63, 3.8) is 0 Å². The number of hydrogen-bond acceptors (Lipinski definition) is 5. The summed E-state index contributed by atoms with van der Waals surface area (Å²) in [5.41, 5.74) is 5.41. The monoisotopic (exact) mass is 144 g/mol. The predicted molar refractivity (Wildman–Crippen MR) is 36.4 cm³/mol. The zero-order valence-electron chi connectivity index (χ0n) is 4.48. The molecule has 0 unspecified atom stereocenters. The fraction of sp³-hybridized carbons (Fsp3) is 0. The minimum absolute atomic E-state index is 0.206. The van der Waals surface area contributed by atoms with E-state index in [2.05, 4.69) is 4.98 Å². The zero-order valence-corrected chi connectivity index (χ0v) is 5.30. The SMILES string of the molecule is Nc1nc(B(O)O)cs1. The maximum Gasteiger partial charge on any atom is 0.509 e. The smallest absolute Gasteiger partial charge is 0.422 e. The molecular weight excluding hydrogens is 139 g/mol. The molecule has 4 N–H and O–H groups in total. The summed E-state index contributed by atoms with van der Waals surface area (Å²) < 4.78 is 0. The van der Waals surface area contributed by atoms with Gasteiger partial charge >= 0.3 is 7.12 Å². The van der Waals surface area contributed by atoms with Crippen LogP contribution in [0.3, 0.4) is 0 Å². The van der Waals surface area contributed by atoms with Crippen molar-refractivity contribution >= 4 is 29.2 Å². The van der Waals surface area contributed by atoms with Gasteiger partial charge in [0.2, 0.25) is 0 Å². The fourth-order valence-corrected chi connectivity index (χ4v) is 0.993. The minimum Gasteiger partial charge on any atom is -0.422 e. The highest BCUT2D eigenvalue weighted by atomic mass is 32.1. The average Bonchev–Trinajstić information content (AvgIpc) is 2.14. The first-order valence-corrected chi connectivity index (χ1v) is 3.15. The number of hydrogen-bond donors (Lipinski definition) is 3. The van der Waals surface area contributed by atoms with Gasteiger partial charge in [0.15, 0.2) is 5.13 Å². The number of nitrogens with two attached hydrogens (primary N) is 1. The van der Waals surface area contributed by atoms with Crippen LogP contribution in [-0.4, -0.2) is 22.2 Å². The Balaban J connectivity index is 2.85. The quantitative estimate of drug-likeness (QED) is 0.415. The van der Waals surface area contributed by atoms with Gasteiger partial charge in [0.25, 0.3) is 0 Å². The Morgan fingerprint density at radius 1 is 1.67 bits per heavy atom. The number of thiazole rings is 1. The van der Waals surface area contributed by atoms with Gasteiger partial charge in [-0.1, -0.05) is 0 Å². The Labute approximate surface area is 56.1 Å². The summed E-state index contributed by atoms with van der Waals surface area (Å²) in [6, 6.07) is 0. The normalized spacial score (nSPS) is 9.56. The van der Waals surface area contributed by atoms with Gasteiger partial charge in [-0.15, -0.1) is 11.3 Å². The largest absolute Gasteiger partial charge is 0.509 e. The highest BCUT2D eigenvalue weighted by molar-refractivity contribution is 7.14. The second kappa shape index (κ2) is 2.34. The summed E-state index contributed by atoms with van der Waals surface area (Å²) in [6.45, 7) is 0. The molecule has 0 aliphatic carbocycles. The maximum atomic E-state index is 8.48. The second-order valence-electron chi connectivity index (χ2n) is 1.48. The van der Waals surface area contributed by atoms with Gasteiger partial charge in [-0.25, -0.2) is 4.98 Å².